The van der Waals surface area contributed by atoms with Crippen molar-refractivity contribution in [2.24, 2.45) is 0 Å². The van der Waals surface area contributed by atoms with Crippen LogP contribution in [0.1, 0.15) is 48.2 Å². The Morgan fingerprint density at radius 1 is 1.10 bits per heavy atom. The van der Waals surface area contributed by atoms with Gasteiger partial charge in [-0.15, -0.1) is 0 Å². The third-order valence-electron chi connectivity index (χ3n) is 5.30. The molecule has 6 heteroatoms. The van der Waals surface area contributed by atoms with E-state index in [2.05, 4.69) is 10.3 Å². The van der Waals surface area contributed by atoms with Crippen molar-refractivity contribution in [3.8, 4) is 5.75 Å². The minimum atomic E-state index is -0.984. The van der Waals surface area contributed by atoms with Crippen molar-refractivity contribution in [2.45, 2.75) is 52.2 Å². The molecule has 1 aliphatic heterocycles. The number of likely N-dealkylation sites (tertiary alicyclic amines) is 1. The van der Waals surface area contributed by atoms with Crippen LogP contribution in [0.2, 0.25) is 0 Å². The van der Waals surface area contributed by atoms with E-state index < -0.39 is 5.60 Å². The SMILES string of the molecule is Cc1ccc(C)c(OC(C)(C)C(=O)NC2CCN(C(=O)c3ccncc3)CC2)c1. The second-order valence-corrected chi connectivity index (χ2v) is 8.16. The van der Waals surface area contributed by atoms with E-state index in [0.29, 0.717) is 18.7 Å². The predicted octanol–water partition coefficient (Wildman–Crippen LogP) is 3.28. The number of hydrogen-bond donors (Lipinski definition) is 1. The van der Waals surface area contributed by atoms with Crippen molar-refractivity contribution in [3.63, 3.8) is 0 Å². The molecular weight excluding hydrogens is 366 g/mol. The Kier molecular flexibility index (Phi) is 6.20. The second kappa shape index (κ2) is 8.64. The number of piperidine rings is 1. The van der Waals surface area contributed by atoms with E-state index in [-0.39, 0.29) is 17.9 Å². The van der Waals surface area contributed by atoms with Gasteiger partial charge < -0.3 is 15.0 Å². The number of benzene rings is 1. The Bertz CT molecular complexity index is 872. The number of carbonyl (C=O) groups excluding carboxylic acids is 2. The molecule has 1 aromatic heterocycles. The number of ether oxygens (including phenoxy) is 1. The minimum Gasteiger partial charge on any atom is -0.478 e. The fourth-order valence-corrected chi connectivity index (χ4v) is 3.40. The average molecular weight is 396 g/mol. The van der Waals surface area contributed by atoms with Gasteiger partial charge in [-0.1, -0.05) is 12.1 Å². The smallest absolute Gasteiger partial charge is 0.263 e. The molecule has 0 radical (unpaired) electrons. The first-order valence-electron chi connectivity index (χ1n) is 10.0. The van der Waals surface area contributed by atoms with Gasteiger partial charge in [0.05, 0.1) is 0 Å². The van der Waals surface area contributed by atoms with Crippen molar-refractivity contribution < 1.29 is 14.3 Å². The Morgan fingerprint density at radius 2 is 1.76 bits per heavy atom. The van der Waals surface area contributed by atoms with Crippen LogP contribution in [0.4, 0.5) is 0 Å². The van der Waals surface area contributed by atoms with Gasteiger partial charge in [-0.05, 0) is 69.9 Å². The van der Waals surface area contributed by atoms with Gasteiger partial charge in [0, 0.05) is 37.1 Å². The number of aromatic nitrogens is 1. The first-order chi connectivity index (χ1) is 13.8. The lowest BCUT2D eigenvalue weighted by Gasteiger charge is -2.34. The van der Waals surface area contributed by atoms with Crippen LogP contribution < -0.4 is 10.1 Å². The highest BCUT2D eigenvalue weighted by Gasteiger charge is 2.33. The lowest BCUT2D eigenvalue weighted by atomic mass is 10.0. The lowest BCUT2D eigenvalue weighted by Crippen LogP contribution is -2.53. The summed E-state index contributed by atoms with van der Waals surface area (Å²) in [6.45, 7) is 8.77. The highest BCUT2D eigenvalue weighted by molar-refractivity contribution is 5.94. The highest BCUT2D eigenvalue weighted by Crippen LogP contribution is 2.25. The van der Waals surface area contributed by atoms with Crippen LogP contribution in [-0.4, -0.2) is 46.4 Å². The van der Waals surface area contributed by atoms with Crippen LogP contribution in [0.3, 0.4) is 0 Å². The fraction of sp³-hybridized carbons (Fsp3) is 0.435. The number of nitrogens with one attached hydrogen (secondary N) is 1. The maximum Gasteiger partial charge on any atom is 0.263 e. The Morgan fingerprint density at radius 3 is 2.41 bits per heavy atom. The van der Waals surface area contributed by atoms with Crippen LogP contribution in [0.25, 0.3) is 0 Å². The summed E-state index contributed by atoms with van der Waals surface area (Å²) >= 11 is 0. The van der Waals surface area contributed by atoms with Crippen LogP contribution >= 0.6 is 0 Å². The molecule has 0 bridgehead atoms. The molecule has 0 atom stereocenters. The first-order valence-corrected chi connectivity index (χ1v) is 10.0. The summed E-state index contributed by atoms with van der Waals surface area (Å²) in [7, 11) is 0. The number of hydrogen-bond acceptors (Lipinski definition) is 4. The van der Waals surface area contributed by atoms with E-state index in [1.165, 1.54) is 0 Å². The molecule has 2 aromatic rings. The average Bonchev–Trinajstić information content (AvgIpc) is 2.71. The number of amides is 2. The number of rotatable bonds is 5. The van der Waals surface area contributed by atoms with Gasteiger partial charge in [0.1, 0.15) is 5.75 Å². The van der Waals surface area contributed by atoms with Gasteiger partial charge in [-0.25, -0.2) is 0 Å². The van der Waals surface area contributed by atoms with Gasteiger partial charge in [0.25, 0.3) is 11.8 Å². The van der Waals surface area contributed by atoms with E-state index in [1.807, 2.05) is 36.9 Å². The fourth-order valence-electron chi connectivity index (χ4n) is 3.40. The number of nitrogens with zero attached hydrogens (tertiary/aromatic N) is 2. The third-order valence-corrected chi connectivity index (χ3v) is 5.30. The summed E-state index contributed by atoms with van der Waals surface area (Å²) in [5, 5.41) is 3.10. The van der Waals surface area contributed by atoms with Crippen molar-refractivity contribution in [3.05, 3.63) is 59.4 Å². The number of carbonyl (C=O) groups is 2. The summed E-state index contributed by atoms with van der Waals surface area (Å²) in [5.74, 6) is 0.594. The lowest BCUT2D eigenvalue weighted by molar-refractivity contribution is -0.135. The zero-order valence-corrected chi connectivity index (χ0v) is 17.6. The molecule has 6 nitrogen and oxygen atoms in total. The summed E-state index contributed by atoms with van der Waals surface area (Å²) in [6.07, 6.45) is 4.70. The van der Waals surface area contributed by atoms with Gasteiger partial charge in [0.15, 0.2) is 5.60 Å². The van der Waals surface area contributed by atoms with E-state index in [9.17, 15) is 9.59 Å². The van der Waals surface area contributed by atoms with E-state index in [1.54, 1.807) is 38.4 Å². The monoisotopic (exact) mass is 395 g/mol. The summed E-state index contributed by atoms with van der Waals surface area (Å²) in [5.41, 5.74) is 1.75. The van der Waals surface area contributed by atoms with Crippen LogP contribution in [0.15, 0.2) is 42.7 Å². The maximum absolute atomic E-state index is 12.8. The normalized spacial score (nSPS) is 15.1. The number of pyridine rings is 1. The molecule has 0 unspecified atom stereocenters. The topological polar surface area (TPSA) is 71.5 Å². The van der Waals surface area contributed by atoms with Crippen molar-refractivity contribution in [1.29, 1.82) is 0 Å². The Labute approximate surface area is 172 Å². The molecule has 154 valence electrons. The zero-order valence-electron chi connectivity index (χ0n) is 17.6. The molecule has 3 rings (SSSR count). The highest BCUT2D eigenvalue weighted by atomic mass is 16.5. The Balaban J connectivity index is 1.54. The van der Waals surface area contributed by atoms with Gasteiger partial charge in [-0.2, -0.15) is 0 Å². The zero-order chi connectivity index (χ0) is 21.0. The van der Waals surface area contributed by atoms with Gasteiger partial charge in [0.2, 0.25) is 0 Å². The molecule has 1 fully saturated rings. The van der Waals surface area contributed by atoms with Crippen molar-refractivity contribution in [1.82, 2.24) is 15.2 Å². The summed E-state index contributed by atoms with van der Waals surface area (Å²) in [6, 6.07) is 9.45. The quantitative estimate of drug-likeness (QED) is 0.843. The molecule has 0 saturated carbocycles. The van der Waals surface area contributed by atoms with E-state index >= 15 is 0 Å². The molecular formula is C23H29N3O3. The van der Waals surface area contributed by atoms with Crippen LogP contribution in [0.5, 0.6) is 5.75 Å². The largest absolute Gasteiger partial charge is 0.478 e. The molecule has 0 aliphatic carbocycles. The van der Waals surface area contributed by atoms with Gasteiger partial charge >= 0.3 is 0 Å². The van der Waals surface area contributed by atoms with Crippen LogP contribution in [0, 0.1) is 13.8 Å². The van der Waals surface area contributed by atoms with E-state index in [4.69, 9.17) is 4.74 Å². The maximum atomic E-state index is 12.8. The molecule has 1 saturated heterocycles. The molecule has 0 spiro atoms. The third kappa shape index (κ3) is 5.13. The minimum absolute atomic E-state index is 0.00997. The van der Waals surface area contributed by atoms with Gasteiger partial charge in [-0.3, -0.25) is 14.6 Å². The number of aryl methyl sites for hydroxylation is 2. The molecule has 1 aliphatic rings. The molecule has 2 amide bonds. The summed E-state index contributed by atoms with van der Waals surface area (Å²) < 4.78 is 6.05. The van der Waals surface area contributed by atoms with Crippen molar-refractivity contribution >= 4 is 11.8 Å². The van der Waals surface area contributed by atoms with E-state index in [0.717, 1.165) is 29.7 Å². The molecule has 29 heavy (non-hydrogen) atoms. The Hall–Kier alpha value is -2.89. The van der Waals surface area contributed by atoms with Crippen molar-refractivity contribution in [2.75, 3.05) is 13.1 Å². The van der Waals surface area contributed by atoms with Crippen LogP contribution in [-0.2, 0) is 4.79 Å². The second-order valence-electron chi connectivity index (χ2n) is 8.16. The molecule has 2 heterocycles. The first kappa shape index (κ1) is 20.8. The standard InChI is InChI=1S/C23H29N3O3/c1-16-5-6-17(2)20(15-16)29-23(3,4)22(28)25-19-9-13-26(14-10-19)21(27)18-7-11-24-12-8-18/h5-8,11-12,15,19H,9-10,13-14H2,1-4H3,(H,25,28). The molecule has 1 aromatic carbocycles. The molecule has 1 N–H and O–H groups in total. The predicted molar refractivity (Wildman–Crippen MR) is 112 cm³/mol. The summed E-state index contributed by atoms with van der Waals surface area (Å²) in [4.78, 5) is 31.2.